The smallest absolute Gasteiger partial charge is 0.317 e. The number of hydrogen-bond donors (Lipinski definition) is 4. The Morgan fingerprint density at radius 1 is 1.22 bits per heavy atom. The molecule has 2 atom stereocenters. The summed E-state index contributed by atoms with van der Waals surface area (Å²) in [4.78, 5) is 15.1. The van der Waals surface area contributed by atoms with Crippen LogP contribution in [0.4, 0.5) is 4.79 Å². The maximum absolute atomic E-state index is 10.5. The minimum atomic E-state index is -0.187. The van der Waals surface area contributed by atoms with Crippen molar-refractivity contribution in [2.75, 3.05) is 0 Å². The van der Waals surface area contributed by atoms with Crippen molar-refractivity contribution in [3.8, 4) is 0 Å². The maximum atomic E-state index is 10.5. The van der Waals surface area contributed by atoms with E-state index >= 15 is 0 Å². The van der Waals surface area contributed by atoms with Crippen LogP contribution >= 0.6 is 0 Å². The van der Waals surface area contributed by atoms with Gasteiger partial charge >= 0.3 is 6.03 Å². The molecule has 2 aliphatic heterocycles. The van der Waals surface area contributed by atoms with E-state index in [4.69, 9.17) is 0 Å². The number of carbonyl (C=O) groups is 1. The summed E-state index contributed by atoms with van der Waals surface area (Å²) in [6, 6.07) is -0.187. The summed E-state index contributed by atoms with van der Waals surface area (Å²) in [5.41, 5.74) is 5.09. The highest BCUT2D eigenvalue weighted by molar-refractivity contribution is 5.77. The first-order valence-electron chi connectivity index (χ1n) is 2.60. The number of fused-ring (bicyclic) bond motifs is 1. The van der Waals surface area contributed by atoms with Crippen LogP contribution in [0, 0.1) is 0 Å². The molecule has 6 heteroatoms. The normalized spacial score (nSPS) is 39.8. The molecule has 0 aromatic heterocycles. The van der Waals surface area contributed by atoms with E-state index in [0.717, 1.165) is 0 Å². The van der Waals surface area contributed by atoms with Gasteiger partial charge in [0.15, 0.2) is 0 Å². The van der Waals surface area contributed by atoms with Crippen molar-refractivity contribution in [1.29, 1.82) is 0 Å². The van der Waals surface area contributed by atoms with E-state index in [1.165, 1.54) is 0 Å². The molecule has 2 unspecified atom stereocenters. The van der Waals surface area contributed by atoms with E-state index in [1.54, 1.807) is 0 Å². The third kappa shape index (κ3) is 0.645. The standard InChI is InChI=1S/C3H6N4O2/c8-3-4-1-2(5-3)7-9-6-1/h1-2,6-7H,(H2,4,5,8). The van der Waals surface area contributed by atoms with Gasteiger partial charge in [0.1, 0.15) is 12.3 Å². The number of amides is 2. The topological polar surface area (TPSA) is 74.4 Å². The number of nitrogens with one attached hydrogen (secondary N) is 4. The Balaban J connectivity index is 2.09. The zero-order valence-corrected chi connectivity index (χ0v) is 4.47. The van der Waals surface area contributed by atoms with Gasteiger partial charge in [-0.1, -0.05) is 0 Å². The molecule has 6 nitrogen and oxygen atoms in total. The van der Waals surface area contributed by atoms with E-state index in [2.05, 4.69) is 26.5 Å². The average molecular weight is 130 g/mol. The van der Waals surface area contributed by atoms with Crippen LogP contribution in [0.3, 0.4) is 0 Å². The number of hydrogen-bond acceptors (Lipinski definition) is 4. The van der Waals surface area contributed by atoms with Crippen molar-refractivity contribution in [2.24, 2.45) is 0 Å². The fraction of sp³-hybridized carbons (Fsp3) is 0.667. The molecule has 0 radical (unpaired) electrons. The number of rotatable bonds is 0. The molecule has 0 saturated carbocycles. The summed E-state index contributed by atoms with van der Waals surface area (Å²) in [6.07, 6.45) is -0.282. The van der Waals surface area contributed by atoms with Crippen LogP contribution in [-0.4, -0.2) is 18.4 Å². The Labute approximate surface area is 50.8 Å². The van der Waals surface area contributed by atoms with Crippen LogP contribution in [0.25, 0.3) is 0 Å². The third-order valence-corrected chi connectivity index (χ3v) is 1.28. The van der Waals surface area contributed by atoms with Gasteiger partial charge in [0.2, 0.25) is 0 Å². The molecular formula is C3H6N4O2. The average Bonchev–Trinajstić information content (AvgIpc) is 2.22. The Morgan fingerprint density at radius 2 is 1.78 bits per heavy atom. The largest absolute Gasteiger partial charge is 0.317 e. The zero-order valence-electron chi connectivity index (χ0n) is 4.47. The first kappa shape index (κ1) is 4.98. The van der Waals surface area contributed by atoms with Crippen LogP contribution in [0.2, 0.25) is 0 Å². The Kier molecular flexibility index (Phi) is 0.865. The predicted molar refractivity (Wildman–Crippen MR) is 26.6 cm³/mol. The summed E-state index contributed by atoms with van der Waals surface area (Å²) in [7, 11) is 0. The summed E-state index contributed by atoms with van der Waals surface area (Å²) in [5, 5.41) is 5.13. The summed E-state index contributed by atoms with van der Waals surface area (Å²) < 4.78 is 0. The number of hydroxylamine groups is 2. The molecule has 0 bridgehead atoms. The van der Waals surface area contributed by atoms with Gasteiger partial charge in [-0.25, -0.2) is 9.73 Å². The lowest BCUT2D eigenvalue weighted by Crippen LogP contribution is -2.39. The van der Waals surface area contributed by atoms with Crippen molar-refractivity contribution >= 4 is 6.03 Å². The maximum Gasteiger partial charge on any atom is 0.317 e. The molecule has 2 amide bonds. The molecule has 50 valence electrons. The molecule has 2 fully saturated rings. The number of carbonyl (C=O) groups excluding carboxylic acids is 1. The predicted octanol–water partition coefficient (Wildman–Crippen LogP) is -2.01. The van der Waals surface area contributed by atoms with Crippen molar-refractivity contribution in [3.05, 3.63) is 0 Å². The van der Waals surface area contributed by atoms with Gasteiger partial charge in [-0.3, -0.25) is 0 Å². The lowest BCUT2D eigenvalue weighted by molar-refractivity contribution is 0.00372. The molecule has 2 heterocycles. The summed E-state index contributed by atoms with van der Waals surface area (Å²) in [5.74, 6) is 0. The first-order valence-corrected chi connectivity index (χ1v) is 2.60. The number of urea groups is 1. The fourth-order valence-corrected chi connectivity index (χ4v) is 0.847. The monoisotopic (exact) mass is 130 g/mol. The first-order chi connectivity index (χ1) is 4.36. The van der Waals surface area contributed by atoms with Crippen molar-refractivity contribution in [1.82, 2.24) is 21.6 Å². The molecule has 0 aromatic rings. The lowest BCUT2D eigenvalue weighted by Gasteiger charge is -2.00. The van der Waals surface area contributed by atoms with Crippen molar-refractivity contribution < 1.29 is 9.73 Å². The van der Waals surface area contributed by atoms with Crippen LogP contribution < -0.4 is 21.6 Å². The third-order valence-electron chi connectivity index (χ3n) is 1.28. The molecule has 0 aliphatic carbocycles. The minimum Gasteiger partial charge on any atom is -0.317 e. The second-order valence-corrected chi connectivity index (χ2v) is 1.91. The highest BCUT2D eigenvalue weighted by Crippen LogP contribution is 1.99. The second kappa shape index (κ2) is 1.56. The van der Waals surface area contributed by atoms with Gasteiger partial charge < -0.3 is 10.6 Å². The van der Waals surface area contributed by atoms with Gasteiger partial charge in [0.05, 0.1) is 0 Å². The SMILES string of the molecule is O=C1NC2NONC2N1. The van der Waals surface area contributed by atoms with Crippen LogP contribution in [0.5, 0.6) is 0 Å². The van der Waals surface area contributed by atoms with Crippen LogP contribution in [0.1, 0.15) is 0 Å². The molecule has 4 N–H and O–H groups in total. The second-order valence-electron chi connectivity index (χ2n) is 1.91. The Bertz CT molecular complexity index is 135. The molecule has 2 saturated heterocycles. The van der Waals surface area contributed by atoms with Crippen LogP contribution in [0.15, 0.2) is 0 Å². The highest BCUT2D eigenvalue weighted by Gasteiger charge is 2.36. The van der Waals surface area contributed by atoms with Crippen LogP contribution in [-0.2, 0) is 4.94 Å². The fourth-order valence-electron chi connectivity index (χ4n) is 0.847. The molecule has 9 heavy (non-hydrogen) atoms. The van der Waals surface area contributed by atoms with Gasteiger partial charge in [-0.2, -0.15) is 11.0 Å². The van der Waals surface area contributed by atoms with E-state index < -0.39 is 0 Å². The van der Waals surface area contributed by atoms with E-state index in [-0.39, 0.29) is 18.4 Å². The Hall–Kier alpha value is -0.850. The summed E-state index contributed by atoms with van der Waals surface area (Å²) >= 11 is 0. The minimum absolute atomic E-state index is 0.141. The molecule has 0 spiro atoms. The molecule has 2 rings (SSSR count). The zero-order chi connectivity index (χ0) is 6.27. The van der Waals surface area contributed by atoms with Gasteiger partial charge in [0.25, 0.3) is 0 Å². The van der Waals surface area contributed by atoms with Gasteiger partial charge in [-0.15, -0.1) is 0 Å². The van der Waals surface area contributed by atoms with E-state index in [9.17, 15) is 4.79 Å². The summed E-state index contributed by atoms with van der Waals surface area (Å²) in [6.45, 7) is 0. The van der Waals surface area contributed by atoms with Crippen molar-refractivity contribution in [3.63, 3.8) is 0 Å². The molecule has 0 aromatic carbocycles. The van der Waals surface area contributed by atoms with Gasteiger partial charge in [0, 0.05) is 0 Å². The van der Waals surface area contributed by atoms with Crippen molar-refractivity contribution in [2.45, 2.75) is 12.3 Å². The molecule has 2 aliphatic rings. The lowest BCUT2D eigenvalue weighted by atomic mass is 10.4. The molecular weight excluding hydrogens is 124 g/mol. The van der Waals surface area contributed by atoms with E-state index in [0.29, 0.717) is 0 Å². The highest BCUT2D eigenvalue weighted by atomic mass is 16.8. The van der Waals surface area contributed by atoms with E-state index in [1.807, 2.05) is 0 Å². The van der Waals surface area contributed by atoms with Gasteiger partial charge in [-0.05, 0) is 0 Å². The Morgan fingerprint density at radius 3 is 2.33 bits per heavy atom. The quantitative estimate of drug-likeness (QED) is 0.306.